The van der Waals surface area contributed by atoms with E-state index in [2.05, 4.69) is 5.32 Å². The van der Waals surface area contributed by atoms with Gasteiger partial charge in [-0.25, -0.2) is 0 Å². The van der Waals surface area contributed by atoms with E-state index in [1.807, 2.05) is 67.6 Å². The van der Waals surface area contributed by atoms with Crippen molar-refractivity contribution in [3.63, 3.8) is 0 Å². The highest BCUT2D eigenvalue weighted by molar-refractivity contribution is 6.11. The molecule has 1 N–H and O–H groups in total. The smallest absolute Gasteiger partial charge is 0.256 e. The minimum atomic E-state index is -0.444. The van der Waals surface area contributed by atoms with Gasteiger partial charge in [-0.2, -0.15) is 0 Å². The van der Waals surface area contributed by atoms with Gasteiger partial charge in [0.05, 0.1) is 30.9 Å². The van der Waals surface area contributed by atoms with Gasteiger partial charge >= 0.3 is 0 Å². The fraction of sp³-hybridized carbons (Fsp3) is 0.276. The van der Waals surface area contributed by atoms with Crippen LogP contribution in [0.5, 0.6) is 5.75 Å². The second kappa shape index (κ2) is 9.85. The average molecular weight is 484 g/mol. The molecule has 0 aliphatic carbocycles. The molecule has 0 unspecified atom stereocenters. The summed E-state index contributed by atoms with van der Waals surface area (Å²) in [5.41, 5.74) is 3.42. The van der Waals surface area contributed by atoms with Crippen molar-refractivity contribution in [3.8, 4) is 5.75 Å². The predicted octanol–water partition coefficient (Wildman–Crippen LogP) is 4.34. The number of benzene rings is 3. The Morgan fingerprint density at radius 1 is 1.06 bits per heavy atom. The number of fused-ring (bicyclic) bond motifs is 2. The van der Waals surface area contributed by atoms with E-state index in [9.17, 15) is 14.4 Å². The summed E-state index contributed by atoms with van der Waals surface area (Å²) in [6.45, 7) is 2.80. The van der Waals surface area contributed by atoms with Gasteiger partial charge in [0.15, 0.2) is 0 Å². The second-order valence-corrected chi connectivity index (χ2v) is 9.27. The third kappa shape index (κ3) is 4.44. The molecule has 0 bridgehead atoms. The van der Waals surface area contributed by atoms with Crippen LogP contribution in [-0.4, -0.2) is 42.3 Å². The Bertz CT molecular complexity index is 1320. The zero-order valence-electron chi connectivity index (χ0n) is 20.4. The summed E-state index contributed by atoms with van der Waals surface area (Å²) in [6, 6.07) is 21.5. The van der Waals surface area contributed by atoms with Crippen LogP contribution in [0, 0.1) is 0 Å². The van der Waals surface area contributed by atoms with Gasteiger partial charge in [-0.3, -0.25) is 14.4 Å². The van der Waals surface area contributed by atoms with E-state index in [4.69, 9.17) is 4.74 Å². The molecule has 1 fully saturated rings. The number of para-hydroxylation sites is 1. The Labute approximate surface area is 210 Å². The number of ether oxygens (including phenoxy) is 1. The van der Waals surface area contributed by atoms with Gasteiger partial charge in [0, 0.05) is 12.1 Å². The molecular weight excluding hydrogens is 454 g/mol. The number of amides is 3. The van der Waals surface area contributed by atoms with Crippen molar-refractivity contribution in [2.24, 2.45) is 0 Å². The van der Waals surface area contributed by atoms with E-state index < -0.39 is 6.04 Å². The first-order chi connectivity index (χ1) is 17.5. The van der Waals surface area contributed by atoms with Crippen LogP contribution in [0.2, 0.25) is 0 Å². The Morgan fingerprint density at radius 3 is 2.69 bits per heavy atom. The molecule has 2 heterocycles. The van der Waals surface area contributed by atoms with Crippen molar-refractivity contribution in [3.05, 3.63) is 95.1 Å². The number of anilines is 1. The van der Waals surface area contributed by atoms with Gasteiger partial charge < -0.3 is 19.9 Å². The van der Waals surface area contributed by atoms with E-state index >= 15 is 0 Å². The zero-order valence-corrected chi connectivity index (χ0v) is 20.4. The fourth-order valence-electron chi connectivity index (χ4n) is 5.04. The molecule has 0 spiro atoms. The maximum atomic E-state index is 13.6. The van der Waals surface area contributed by atoms with Crippen molar-refractivity contribution >= 4 is 23.4 Å². The molecule has 1 saturated heterocycles. The molecule has 7 nitrogen and oxygen atoms in total. The highest BCUT2D eigenvalue weighted by atomic mass is 16.5. The van der Waals surface area contributed by atoms with Crippen LogP contribution in [0.3, 0.4) is 0 Å². The summed E-state index contributed by atoms with van der Waals surface area (Å²) in [5, 5.41) is 3.04. The molecule has 2 atom stereocenters. The first-order valence-electron chi connectivity index (χ1n) is 12.2. The van der Waals surface area contributed by atoms with Crippen molar-refractivity contribution in [2.75, 3.05) is 18.6 Å². The van der Waals surface area contributed by atoms with Gasteiger partial charge in [0.2, 0.25) is 5.91 Å². The molecule has 36 heavy (non-hydrogen) atoms. The monoisotopic (exact) mass is 483 g/mol. The predicted molar refractivity (Wildman–Crippen MR) is 137 cm³/mol. The van der Waals surface area contributed by atoms with Gasteiger partial charge in [-0.15, -0.1) is 0 Å². The normalized spacial score (nSPS) is 17.8. The Kier molecular flexibility index (Phi) is 6.46. The lowest BCUT2D eigenvalue weighted by Crippen LogP contribution is -2.44. The molecule has 184 valence electrons. The fourth-order valence-corrected chi connectivity index (χ4v) is 5.04. The number of rotatable bonds is 6. The van der Waals surface area contributed by atoms with Crippen LogP contribution >= 0.6 is 0 Å². The van der Waals surface area contributed by atoms with Crippen LogP contribution in [0.25, 0.3) is 0 Å². The number of carbonyl (C=O) groups is 3. The summed E-state index contributed by atoms with van der Waals surface area (Å²) < 4.78 is 5.29. The van der Waals surface area contributed by atoms with Gasteiger partial charge in [0.1, 0.15) is 11.8 Å². The number of nitrogens with one attached hydrogen (secondary N) is 1. The number of hydrogen-bond acceptors (Lipinski definition) is 4. The van der Waals surface area contributed by atoms with E-state index in [1.165, 1.54) is 0 Å². The third-order valence-corrected chi connectivity index (χ3v) is 6.96. The molecular formula is C29H29N3O4. The molecule has 2 aliphatic heterocycles. The Morgan fingerprint density at radius 2 is 1.86 bits per heavy atom. The summed E-state index contributed by atoms with van der Waals surface area (Å²) in [4.78, 5) is 43.2. The van der Waals surface area contributed by atoms with Gasteiger partial charge in [0.25, 0.3) is 11.8 Å². The first-order valence-corrected chi connectivity index (χ1v) is 12.2. The highest BCUT2D eigenvalue weighted by Gasteiger charge is 2.41. The molecule has 3 aromatic rings. The SMILES string of the molecule is COc1cccc([C@@H](C)NC(=O)c2cccc(CN3C(=O)[C@H]4CCCN4C(=O)c4ccccc43)c2)c1. The highest BCUT2D eigenvalue weighted by Crippen LogP contribution is 2.33. The lowest BCUT2D eigenvalue weighted by Gasteiger charge is -2.26. The Balaban J connectivity index is 1.38. The molecule has 3 aromatic carbocycles. The summed E-state index contributed by atoms with van der Waals surface area (Å²) >= 11 is 0. The van der Waals surface area contributed by atoms with E-state index in [-0.39, 0.29) is 30.3 Å². The topological polar surface area (TPSA) is 79.0 Å². The minimum Gasteiger partial charge on any atom is -0.497 e. The summed E-state index contributed by atoms with van der Waals surface area (Å²) in [5.74, 6) is 0.361. The van der Waals surface area contributed by atoms with Crippen molar-refractivity contribution in [1.29, 1.82) is 0 Å². The molecule has 0 saturated carbocycles. The van der Waals surface area contributed by atoms with Crippen LogP contribution in [-0.2, 0) is 11.3 Å². The third-order valence-electron chi connectivity index (χ3n) is 6.96. The molecule has 3 amide bonds. The van der Waals surface area contributed by atoms with Crippen LogP contribution < -0.4 is 15.0 Å². The van der Waals surface area contributed by atoms with Gasteiger partial charge in [-0.1, -0.05) is 36.4 Å². The largest absolute Gasteiger partial charge is 0.497 e. The minimum absolute atomic E-state index is 0.0766. The quantitative estimate of drug-likeness (QED) is 0.566. The second-order valence-electron chi connectivity index (χ2n) is 9.27. The van der Waals surface area contributed by atoms with E-state index in [0.717, 1.165) is 23.3 Å². The molecule has 5 rings (SSSR count). The lowest BCUT2D eigenvalue weighted by atomic mass is 10.1. The standard InChI is InChI=1S/C29H29N3O4/c1-19(21-9-6-11-23(17-21)36-2)30-27(33)22-10-5-8-20(16-22)18-32-25-13-4-3-12-24(25)28(34)31-15-7-14-26(31)29(32)35/h3-6,8-13,16-17,19,26H,7,14-15,18H2,1-2H3,(H,30,33)/t19-,26-/m1/s1. The Hall–Kier alpha value is -4.13. The summed E-state index contributed by atoms with van der Waals surface area (Å²) in [7, 11) is 1.61. The van der Waals surface area contributed by atoms with Crippen molar-refractivity contribution < 1.29 is 19.1 Å². The number of nitrogens with zero attached hydrogens (tertiary/aromatic N) is 2. The molecule has 2 aliphatic rings. The summed E-state index contributed by atoms with van der Waals surface area (Å²) in [6.07, 6.45) is 1.49. The van der Waals surface area contributed by atoms with Crippen molar-refractivity contribution in [2.45, 2.75) is 38.4 Å². The number of carbonyl (C=O) groups excluding carboxylic acids is 3. The zero-order chi connectivity index (χ0) is 25.2. The maximum Gasteiger partial charge on any atom is 0.256 e. The lowest BCUT2D eigenvalue weighted by molar-refractivity contribution is -0.122. The molecule has 7 heteroatoms. The van der Waals surface area contributed by atoms with Crippen LogP contribution in [0.4, 0.5) is 5.69 Å². The number of hydrogen-bond donors (Lipinski definition) is 1. The van der Waals surface area contributed by atoms with Crippen LogP contribution in [0.15, 0.2) is 72.8 Å². The molecule has 0 radical (unpaired) electrons. The maximum absolute atomic E-state index is 13.6. The van der Waals surface area contributed by atoms with E-state index in [0.29, 0.717) is 29.8 Å². The van der Waals surface area contributed by atoms with Crippen LogP contribution in [0.1, 0.15) is 57.7 Å². The van der Waals surface area contributed by atoms with E-state index in [1.54, 1.807) is 29.0 Å². The molecule has 0 aromatic heterocycles. The van der Waals surface area contributed by atoms with Gasteiger partial charge in [-0.05, 0) is 67.3 Å². The van der Waals surface area contributed by atoms with Crippen molar-refractivity contribution in [1.82, 2.24) is 10.2 Å². The average Bonchev–Trinajstić information content (AvgIpc) is 3.38. The number of methoxy groups -OCH3 is 1. The first kappa shape index (κ1) is 23.6.